The van der Waals surface area contributed by atoms with E-state index in [0.29, 0.717) is 28.8 Å². The minimum absolute atomic E-state index is 0.0138. The van der Waals surface area contributed by atoms with Crippen LogP contribution in [0, 0.1) is 0 Å². The highest BCUT2D eigenvalue weighted by Crippen LogP contribution is 2.32. The molecule has 3 amide bonds. The molecule has 42 heavy (non-hydrogen) atoms. The molecule has 9 heteroatoms. The Labute approximate surface area is 241 Å². The van der Waals surface area contributed by atoms with Gasteiger partial charge in [0.2, 0.25) is 0 Å². The van der Waals surface area contributed by atoms with Crippen LogP contribution in [0.25, 0.3) is 0 Å². The number of nitrogens with zero attached hydrogens (tertiary/aromatic N) is 2. The third kappa shape index (κ3) is 5.15. The number of esters is 1. The predicted molar refractivity (Wildman–Crippen MR) is 154 cm³/mol. The van der Waals surface area contributed by atoms with Gasteiger partial charge in [0.15, 0.2) is 6.10 Å². The average molecular weight is 560 g/mol. The number of imide groups is 1. The van der Waals surface area contributed by atoms with Crippen molar-refractivity contribution in [3.63, 3.8) is 0 Å². The maximum atomic E-state index is 13.4. The number of benzene rings is 4. The lowest BCUT2D eigenvalue weighted by atomic mass is 10.0. The molecule has 1 unspecified atom stereocenters. The van der Waals surface area contributed by atoms with E-state index in [1.807, 2.05) is 42.5 Å². The Balaban J connectivity index is 1.19. The third-order valence-corrected chi connectivity index (χ3v) is 7.11. The van der Waals surface area contributed by atoms with E-state index in [2.05, 4.69) is 10.5 Å². The standard InChI is InChI=1S/C33H25N3O6/c1-20(37)41-30-23(19-36-32(39)25-11-5-6-12-26(25)33(36)40)10-7-13-27(30)31(38)34-24-16-14-21(15-17-24)28-18-29(42-35-28)22-8-3-2-4-9-22/h2-17,29H,18-19H2,1H3,(H,34,38). The Hall–Kier alpha value is -5.57. The topological polar surface area (TPSA) is 114 Å². The monoisotopic (exact) mass is 559 g/mol. The van der Waals surface area contributed by atoms with Crippen molar-refractivity contribution in [3.8, 4) is 5.75 Å². The normalized spacial score (nSPS) is 15.6. The molecule has 0 radical (unpaired) electrons. The molecule has 1 N–H and O–H groups in total. The molecule has 9 nitrogen and oxygen atoms in total. The first-order valence-electron chi connectivity index (χ1n) is 13.3. The van der Waals surface area contributed by atoms with Crippen LogP contribution in [0.1, 0.15) is 67.2 Å². The van der Waals surface area contributed by atoms with E-state index in [1.165, 1.54) is 13.0 Å². The molecule has 2 aliphatic heterocycles. The lowest BCUT2D eigenvalue weighted by Crippen LogP contribution is -2.29. The number of rotatable bonds is 7. The summed E-state index contributed by atoms with van der Waals surface area (Å²) in [5, 5.41) is 7.07. The zero-order valence-corrected chi connectivity index (χ0v) is 22.6. The van der Waals surface area contributed by atoms with E-state index >= 15 is 0 Å². The molecule has 0 aromatic heterocycles. The van der Waals surface area contributed by atoms with E-state index in [1.54, 1.807) is 48.5 Å². The Morgan fingerprint density at radius 2 is 1.55 bits per heavy atom. The summed E-state index contributed by atoms with van der Waals surface area (Å²) >= 11 is 0. The zero-order valence-electron chi connectivity index (χ0n) is 22.6. The summed E-state index contributed by atoms with van der Waals surface area (Å²) in [6.07, 6.45) is 0.481. The second-order valence-electron chi connectivity index (χ2n) is 9.91. The summed E-state index contributed by atoms with van der Waals surface area (Å²) in [7, 11) is 0. The maximum absolute atomic E-state index is 13.4. The minimum atomic E-state index is -0.642. The van der Waals surface area contributed by atoms with Gasteiger partial charge < -0.3 is 14.9 Å². The van der Waals surface area contributed by atoms with Crippen LogP contribution in [0.3, 0.4) is 0 Å². The van der Waals surface area contributed by atoms with Crippen molar-refractivity contribution in [1.82, 2.24) is 4.90 Å². The zero-order chi connectivity index (χ0) is 29.2. The van der Waals surface area contributed by atoms with E-state index in [0.717, 1.165) is 21.7 Å². The average Bonchev–Trinajstić information content (AvgIpc) is 3.59. The molecule has 0 saturated carbocycles. The number of nitrogens with one attached hydrogen (secondary N) is 1. The first-order chi connectivity index (χ1) is 20.4. The van der Waals surface area contributed by atoms with E-state index in [-0.39, 0.29) is 24.0 Å². The largest absolute Gasteiger partial charge is 0.426 e. The molecule has 0 saturated heterocycles. The summed E-state index contributed by atoms with van der Waals surface area (Å²) in [4.78, 5) is 57.9. The predicted octanol–water partition coefficient (Wildman–Crippen LogP) is 5.53. The molecular formula is C33H25N3O6. The molecule has 0 fully saturated rings. The third-order valence-electron chi connectivity index (χ3n) is 7.11. The molecule has 2 heterocycles. The van der Waals surface area contributed by atoms with Crippen LogP contribution in [-0.4, -0.2) is 34.3 Å². The van der Waals surface area contributed by atoms with E-state index in [4.69, 9.17) is 9.57 Å². The number of anilines is 1. The Kier molecular flexibility index (Phi) is 7.06. The first-order valence-corrected chi connectivity index (χ1v) is 13.3. The Bertz CT molecular complexity index is 1710. The number of carbonyl (C=O) groups is 4. The van der Waals surface area contributed by atoms with Crippen molar-refractivity contribution >= 4 is 35.1 Å². The number of para-hydroxylation sites is 1. The summed E-state index contributed by atoms with van der Waals surface area (Å²) in [5.41, 5.74) is 4.28. The van der Waals surface area contributed by atoms with Crippen LogP contribution < -0.4 is 10.1 Å². The van der Waals surface area contributed by atoms with Gasteiger partial charge in [-0.1, -0.05) is 71.9 Å². The summed E-state index contributed by atoms with van der Waals surface area (Å²) in [5.74, 6) is -2.08. The molecule has 0 spiro atoms. The SMILES string of the molecule is CC(=O)Oc1c(CN2C(=O)c3ccccc3C2=O)cccc1C(=O)Nc1ccc(C2=NOC(c3ccccc3)C2)cc1. The highest BCUT2D eigenvalue weighted by atomic mass is 16.6. The second-order valence-corrected chi connectivity index (χ2v) is 9.91. The summed E-state index contributed by atoms with van der Waals surface area (Å²) in [6.45, 7) is 1.05. The van der Waals surface area contributed by atoms with Gasteiger partial charge in [-0.05, 0) is 41.5 Å². The molecule has 6 rings (SSSR count). The molecular weight excluding hydrogens is 534 g/mol. The van der Waals surface area contributed by atoms with Crippen LogP contribution >= 0.6 is 0 Å². The number of fused-ring (bicyclic) bond motifs is 1. The number of hydrogen-bond acceptors (Lipinski definition) is 7. The van der Waals surface area contributed by atoms with Crippen LogP contribution in [0.15, 0.2) is 102 Å². The molecule has 208 valence electrons. The Morgan fingerprint density at radius 1 is 0.881 bits per heavy atom. The van der Waals surface area contributed by atoms with Crippen molar-refractivity contribution < 1.29 is 28.8 Å². The van der Waals surface area contributed by atoms with Gasteiger partial charge >= 0.3 is 5.97 Å². The van der Waals surface area contributed by atoms with Gasteiger partial charge in [0.1, 0.15) is 5.75 Å². The van der Waals surface area contributed by atoms with Crippen molar-refractivity contribution in [3.05, 3.63) is 130 Å². The van der Waals surface area contributed by atoms with Crippen LogP contribution in [0.4, 0.5) is 5.69 Å². The second kappa shape index (κ2) is 11.1. The fraction of sp³-hybridized carbons (Fsp3) is 0.121. The van der Waals surface area contributed by atoms with Crippen LogP contribution in [0.5, 0.6) is 5.75 Å². The van der Waals surface area contributed by atoms with Crippen molar-refractivity contribution in [1.29, 1.82) is 0 Å². The smallest absolute Gasteiger partial charge is 0.308 e. The first kappa shape index (κ1) is 26.6. The fourth-order valence-electron chi connectivity index (χ4n) is 5.04. The molecule has 2 aliphatic rings. The van der Waals surface area contributed by atoms with Gasteiger partial charge in [-0.15, -0.1) is 0 Å². The van der Waals surface area contributed by atoms with Gasteiger partial charge in [-0.2, -0.15) is 0 Å². The van der Waals surface area contributed by atoms with Gasteiger partial charge in [-0.25, -0.2) is 0 Å². The number of oxime groups is 1. The molecule has 4 aromatic carbocycles. The summed E-state index contributed by atoms with van der Waals surface area (Å²) in [6, 6.07) is 28.3. The number of carbonyl (C=O) groups excluding carboxylic acids is 4. The van der Waals surface area contributed by atoms with Crippen molar-refractivity contribution in [2.75, 3.05) is 5.32 Å². The Morgan fingerprint density at radius 3 is 2.21 bits per heavy atom. The quantitative estimate of drug-likeness (QED) is 0.181. The molecule has 1 atom stereocenters. The lowest BCUT2D eigenvalue weighted by molar-refractivity contribution is -0.131. The number of amides is 3. The highest BCUT2D eigenvalue weighted by Gasteiger charge is 2.36. The number of hydrogen-bond donors (Lipinski definition) is 1. The minimum Gasteiger partial charge on any atom is -0.426 e. The highest BCUT2D eigenvalue weighted by molar-refractivity contribution is 6.21. The molecule has 4 aromatic rings. The molecule has 0 bridgehead atoms. The van der Waals surface area contributed by atoms with Gasteiger partial charge in [0.25, 0.3) is 17.7 Å². The summed E-state index contributed by atoms with van der Waals surface area (Å²) < 4.78 is 5.45. The van der Waals surface area contributed by atoms with Crippen molar-refractivity contribution in [2.24, 2.45) is 5.16 Å². The van der Waals surface area contributed by atoms with E-state index in [9.17, 15) is 19.2 Å². The number of ether oxygens (including phenoxy) is 1. The van der Waals surface area contributed by atoms with Gasteiger partial charge in [-0.3, -0.25) is 24.1 Å². The maximum Gasteiger partial charge on any atom is 0.308 e. The van der Waals surface area contributed by atoms with Crippen molar-refractivity contribution in [2.45, 2.75) is 26.0 Å². The van der Waals surface area contributed by atoms with Crippen LogP contribution in [-0.2, 0) is 16.2 Å². The van der Waals surface area contributed by atoms with Gasteiger partial charge in [0.05, 0.1) is 28.9 Å². The van der Waals surface area contributed by atoms with E-state index < -0.39 is 23.7 Å². The van der Waals surface area contributed by atoms with Gasteiger partial charge in [0, 0.05) is 24.6 Å². The molecule has 0 aliphatic carbocycles. The lowest BCUT2D eigenvalue weighted by Gasteiger charge is -2.18. The van der Waals surface area contributed by atoms with Crippen LogP contribution in [0.2, 0.25) is 0 Å². The fourth-order valence-corrected chi connectivity index (χ4v) is 5.04.